The van der Waals surface area contributed by atoms with Crippen LogP contribution in [0.4, 0.5) is 4.79 Å². The molecule has 0 bridgehead atoms. The van der Waals surface area contributed by atoms with Gasteiger partial charge in [0.25, 0.3) is 0 Å². The number of carbonyl (C=O) groups excluding carboxylic acids is 1. The predicted octanol–water partition coefficient (Wildman–Crippen LogP) is 1.54. The van der Waals surface area contributed by atoms with Crippen LogP contribution in [0, 0.1) is 5.92 Å². The maximum atomic E-state index is 11.6. The number of carboxylic acids is 1. The molecule has 94 valence electrons. The van der Waals surface area contributed by atoms with Crippen LogP contribution < -0.4 is 5.32 Å². The van der Waals surface area contributed by atoms with Crippen molar-refractivity contribution in [2.75, 3.05) is 13.6 Å². The van der Waals surface area contributed by atoms with Crippen molar-refractivity contribution in [1.29, 1.82) is 0 Å². The van der Waals surface area contributed by atoms with Gasteiger partial charge in [-0.2, -0.15) is 0 Å². The number of urea groups is 1. The van der Waals surface area contributed by atoms with Gasteiger partial charge in [0.1, 0.15) is 6.04 Å². The molecule has 0 aliphatic heterocycles. The zero-order chi connectivity index (χ0) is 12.7. The molecule has 5 heteroatoms. The molecule has 5 nitrogen and oxygen atoms in total. The van der Waals surface area contributed by atoms with Gasteiger partial charge in [0, 0.05) is 13.6 Å². The summed E-state index contributed by atoms with van der Waals surface area (Å²) in [6, 6.07) is -1.12. The van der Waals surface area contributed by atoms with Gasteiger partial charge < -0.3 is 15.3 Å². The van der Waals surface area contributed by atoms with Crippen molar-refractivity contribution in [3.63, 3.8) is 0 Å². The van der Waals surface area contributed by atoms with E-state index in [4.69, 9.17) is 5.11 Å². The maximum absolute atomic E-state index is 11.6. The topological polar surface area (TPSA) is 69.6 Å². The third-order valence-corrected chi connectivity index (χ3v) is 2.21. The normalized spacial score (nSPS) is 12.3. The Morgan fingerprint density at radius 1 is 1.38 bits per heavy atom. The van der Waals surface area contributed by atoms with E-state index in [-0.39, 0.29) is 11.9 Å². The second-order valence-electron chi connectivity index (χ2n) is 4.39. The first-order valence-corrected chi connectivity index (χ1v) is 5.62. The summed E-state index contributed by atoms with van der Waals surface area (Å²) in [6.45, 7) is 6.45. The maximum Gasteiger partial charge on any atom is 0.326 e. The fourth-order valence-electron chi connectivity index (χ4n) is 1.39. The summed E-state index contributed by atoms with van der Waals surface area (Å²) >= 11 is 0. The molecular weight excluding hydrogens is 208 g/mol. The Balaban J connectivity index is 4.28. The van der Waals surface area contributed by atoms with Gasteiger partial charge in [0.2, 0.25) is 0 Å². The Labute approximate surface area is 96.8 Å². The van der Waals surface area contributed by atoms with Crippen molar-refractivity contribution in [3.05, 3.63) is 0 Å². The number of nitrogens with one attached hydrogen (secondary N) is 1. The molecule has 0 aromatic rings. The summed E-state index contributed by atoms with van der Waals surface area (Å²) < 4.78 is 0. The largest absolute Gasteiger partial charge is 0.480 e. The lowest BCUT2D eigenvalue weighted by atomic mass is 10.0. The average molecular weight is 230 g/mol. The molecule has 0 rings (SSSR count). The monoisotopic (exact) mass is 230 g/mol. The van der Waals surface area contributed by atoms with Gasteiger partial charge in [-0.3, -0.25) is 0 Å². The smallest absolute Gasteiger partial charge is 0.326 e. The van der Waals surface area contributed by atoms with Crippen LogP contribution in [0.15, 0.2) is 0 Å². The van der Waals surface area contributed by atoms with Crippen LogP contribution in [-0.2, 0) is 4.79 Å². The van der Waals surface area contributed by atoms with Crippen molar-refractivity contribution in [3.8, 4) is 0 Å². The van der Waals surface area contributed by atoms with E-state index < -0.39 is 12.0 Å². The molecule has 0 saturated heterocycles. The van der Waals surface area contributed by atoms with Crippen LogP contribution >= 0.6 is 0 Å². The summed E-state index contributed by atoms with van der Waals surface area (Å²) in [6.07, 6.45) is 1.30. The first-order chi connectivity index (χ1) is 7.38. The van der Waals surface area contributed by atoms with E-state index in [1.165, 1.54) is 4.90 Å². The summed E-state index contributed by atoms with van der Waals surface area (Å²) in [7, 11) is 1.66. The van der Waals surface area contributed by atoms with Gasteiger partial charge in [-0.1, -0.05) is 20.8 Å². The average Bonchev–Trinajstić information content (AvgIpc) is 2.16. The van der Waals surface area contributed by atoms with Gasteiger partial charge in [-0.15, -0.1) is 0 Å². The standard InChI is InChI=1S/C11H22N2O3/c1-5-6-13(4)11(16)12-9(10(14)15)7-8(2)3/h8-9H,5-7H2,1-4H3,(H,12,16)(H,14,15). The van der Waals surface area contributed by atoms with Gasteiger partial charge in [-0.05, 0) is 18.8 Å². The van der Waals surface area contributed by atoms with E-state index in [0.29, 0.717) is 13.0 Å². The number of aliphatic carboxylic acids is 1. The van der Waals surface area contributed by atoms with Crippen molar-refractivity contribution in [2.24, 2.45) is 5.92 Å². The second kappa shape index (κ2) is 7.09. The molecule has 0 saturated carbocycles. The highest BCUT2D eigenvalue weighted by atomic mass is 16.4. The van der Waals surface area contributed by atoms with Crippen molar-refractivity contribution in [1.82, 2.24) is 10.2 Å². The molecule has 0 heterocycles. The molecule has 16 heavy (non-hydrogen) atoms. The van der Waals surface area contributed by atoms with Crippen LogP contribution in [0.25, 0.3) is 0 Å². The molecular formula is C11H22N2O3. The minimum Gasteiger partial charge on any atom is -0.480 e. The Kier molecular flexibility index (Phi) is 6.53. The number of hydrogen-bond donors (Lipinski definition) is 2. The van der Waals surface area contributed by atoms with E-state index in [0.717, 1.165) is 6.42 Å². The summed E-state index contributed by atoms with van der Waals surface area (Å²) in [4.78, 5) is 24.0. The number of nitrogens with zero attached hydrogens (tertiary/aromatic N) is 1. The lowest BCUT2D eigenvalue weighted by Crippen LogP contribution is -2.47. The van der Waals surface area contributed by atoms with Crippen LogP contribution in [0.1, 0.15) is 33.6 Å². The predicted molar refractivity (Wildman–Crippen MR) is 62.3 cm³/mol. The number of carbonyl (C=O) groups is 2. The fourth-order valence-corrected chi connectivity index (χ4v) is 1.39. The highest BCUT2D eigenvalue weighted by Crippen LogP contribution is 2.05. The summed E-state index contributed by atoms with van der Waals surface area (Å²) in [5.41, 5.74) is 0. The van der Waals surface area contributed by atoms with E-state index in [1.54, 1.807) is 7.05 Å². The van der Waals surface area contributed by atoms with Crippen LogP contribution in [0.3, 0.4) is 0 Å². The first kappa shape index (κ1) is 14.7. The minimum atomic E-state index is -0.980. The van der Waals surface area contributed by atoms with Crippen LogP contribution in [0.5, 0.6) is 0 Å². The quantitative estimate of drug-likeness (QED) is 0.727. The number of carboxylic acid groups (broad SMARTS) is 1. The lowest BCUT2D eigenvalue weighted by Gasteiger charge is -2.21. The fraction of sp³-hybridized carbons (Fsp3) is 0.818. The first-order valence-electron chi connectivity index (χ1n) is 5.62. The lowest BCUT2D eigenvalue weighted by molar-refractivity contribution is -0.139. The molecule has 0 aliphatic rings. The van der Waals surface area contributed by atoms with Gasteiger partial charge in [0.05, 0.1) is 0 Å². The molecule has 0 aromatic carbocycles. The molecule has 2 amide bonds. The highest BCUT2D eigenvalue weighted by molar-refractivity contribution is 5.82. The molecule has 2 N–H and O–H groups in total. The van der Waals surface area contributed by atoms with E-state index in [2.05, 4.69) is 5.32 Å². The Morgan fingerprint density at radius 3 is 2.31 bits per heavy atom. The van der Waals surface area contributed by atoms with Gasteiger partial charge in [-0.25, -0.2) is 9.59 Å². The Hall–Kier alpha value is -1.26. The zero-order valence-corrected chi connectivity index (χ0v) is 10.5. The molecule has 0 fully saturated rings. The van der Waals surface area contributed by atoms with E-state index in [1.807, 2.05) is 20.8 Å². The number of hydrogen-bond acceptors (Lipinski definition) is 2. The molecule has 0 aromatic heterocycles. The van der Waals surface area contributed by atoms with Crippen molar-refractivity contribution >= 4 is 12.0 Å². The van der Waals surface area contributed by atoms with Gasteiger partial charge in [0.15, 0.2) is 0 Å². The van der Waals surface area contributed by atoms with Crippen molar-refractivity contribution in [2.45, 2.75) is 39.7 Å². The minimum absolute atomic E-state index is 0.234. The van der Waals surface area contributed by atoms with Crippen LogP contribution in [-0.4, -0.2) is 41.6 Å². The van der Waals surface area contributed by atoms with Gasteiger partial charge >= 0.3 is 12.0 Å². The highest BCUT2D eigenvalue weighted by Gasteiger charge is 2.22. The second-order valence-corrected chi connectivity index (χ2v) is 4.39. The third kappa shape index (κ3) is 5.58. The number of rotatable bonds is 6. The SMILES string of the molecule is CCCN(C)C(=O)NC(CC(C)C)C(=O)O. The van der Waals surface area contributed by atoms with E-state index >= 15 is 0 Å². The third-order valence-electron chi connectivity index (χ3n) is 2.21. The summed E-state index contributed by atoms with van der Waals surface area (Å²) in [5, 5.41) is 11.5. The molecule has 0 aliphatic carbocycles. The Bertz CT molecular complexity index is 241. The van der Waals surface area contributed by atoms with Crippen LogP contribution in [0.2, 0.25) is 0 Å². The number of amides is 2. The molecule has 0 radical (unpaired) electrons. The van der Waals surface area contributed by atoms with Crippen molar-refractivity contribution < 1.29 is 14.7 Å². The molecule has 1 atom stereocenters. The molecule has 1 unspecified atom stereocenters. The summed E-state index contributed by atoms with van der Waals surface area (Å²) in [5.74, 6) is -0.746. The molecule has 0 spiro atoms. The van der Waals surface area contributed by atoms with E-state index in [9.17, 15) is 9.59 Å². The zero-order valence-electron chi connectivity index (χ0n) is 10.5. The Morgan fingerprint density at radius 2 is 1.94 bits per heavy atom.